The molecule has 0 aromatic carbocycles. The smallest absolute Gasteiger partial charge is 0.335 e. The lowest BCUT2D eigenvalue weighted by molar-refractivity contribution is -0.137. The average Bonchev–Trinajstić information content (AvgIpc) is 2.56. The molecule has 0 aliphatic carbocycles. The van der Waals surface area contributed by atoms with Crippen LogP contribution in [0.3, 0.4) is 0 Å². The molecule has 2 heterocycles. The Morgan fingerprint density at radius 1 is 1.44 bits per heavy atom. The number of carbonyl (C=O) groups is 3. The van der Waals surface area contributed by atoms with E-state index in [1.54, 1.807) is 6.92 Å². The van der Waals surface area contributed by atoms with Gasteiger partial charge in [0.25, 0.3) is 11.8 Å². The number of amides is 2. The number of carboxylic acids is 1. The Morgan fingerprint density at radius 2 is 2.17 bits per heavy atom. The second-order valence-electron chi connectivity index (χ2n) is 3.90. The van der Waals surface area contributed by atoms with Crippen molar-refractivity contribution in [1.82, 2.24) is 9.88 Å². The van der Waals surface area contributed by atoms with E-state index in [4.69, 9.17) is 5.11 Å². The predicted octanol–water partition coefficient (Wildman–Crippen LogP) is 0.595. The summed E-state index contributed by atoms with van der Waals surface area (Å²) in [6, 6.07) is 2.69. The number of hydrogen-bond donors (Lipinski definition) is 1. The summed E-state index contributed by atoms with van der Waals surface area (Å²) < 4.78 is 0. The third-order valence-electron chi connectivity index (χ3n) is 2.57. The van der Waals surface area contributed by atoms with E-state index in [2.05, 4.69) is 4.98 Å². The van der Waals surface area contributed by atoms with E-state index in [9.17, 15) is 14.4 Å². The molecule has 0 radical (unpaired) electrons. The number of carbonyl (C=O) groups excluding carboxylic acids is 2. The SMILES string of the molecule is CC1=CC(=O)N(Cc2cc(C(=O)O)ccn2)C1=O. The Morgan fingerprint density at radius 3 is 2.72 bits per heavy atom. The van der Waals surface area contributed by atoms with E-state index in [1.807, 2.05) is 0 Å². The summed E-state index contributed by atoms with van der Waals surface area (Å²) in [6.45, 7) is 1.54. The number of carboxylic acid groups (broad SMARTS) is 1. The van der Waals surface area contributed by atoms with Crippen LogP contribution in [0.2, 0.25) is 0 Å². The molecule has 0 saturated carbocycles. The molecule has 2 rings (SSSR count). The van der Waals surface area contributed by atoms with Gasteiger partial charge in [-0.1, -0.05) is 0 Å². The summed E-state index contributed by atoms with van der Waals surface area (Å²) >= 11 is 0. The molecule has 2 amide bonds. The van der Waals surface area contributed by atoms with Crippen LogP contribution in [0.5, 0.6) is 0 Å². The number of aromatic carboxylic acids is 1. The average molecular weight is 246 g/mol. The molecule has 0 fully saturated rings. The van der Waals surface area contributed by atoms with Crippen LogP contribution in [0.25, 0.3) is 0 Å². The lowest BCUT2D eigenvalue weighted by atomic mass is 10.2. The first-order valence-corrected chi connectivity index (χ1v) is 5.21. The second kappa shape index (κ2) is 4.40. The van der Waals surface area contributed by atoms with E-state index in [0.29, 0.717) is 11.3 Å². The quantitative estimate of drug-likeness (QED) is 0.789. The van der Waals surface area contributed by atoms with Gasteiger partial charge in [0.2, 0.25) is 0 Å². The minimum atomic E-state index is -1.08. The third-order valence-corrected chi connectivity index (χ3v) is 2.57. The summed E-state index contributed by atoms with van der Waals surface area (Å²) in [5.41, 5.74) is 0.804. The molecule has 1 aromatic heterocycles. The van der Waals surface area contributed by atoms with Crippen molar-refractivity contribution in [3.05, 3.63) is 41.2 Å². The van der Waals surface area contributed by atoms with Gasteiger partial charge in [-0.15, -0.1) is 0 Å². The highest BCUT2D eigenvalue weighted by molar-refractivity contribution is 6.15. The first kappa shape index (κ1) is 12.0. The minimum Gasteiger partial charge on any atom is -0.478 e. The Kier molecular flexibility index (Phi) is 2.93. The summed E-state index contributed by atoms with van der Waals surface area (Å²) in [7, 11) is 0. The zero-order valence-corrected chi connectivity index (χ0v) is 9.58. The van der Waals surface area contributed by atoms with Crippen LogP contribution in [0.1, 0.15) is 23.0 Å². The fraction of sp³-hybridized carbons (Fsp3) is 0.167. The summed E-state index contributed by atoms with van der Waals surface area (Å²) in [5, 5.41) is 8.83. The van der Waals surface area contributed by atoms with E-state index >= 15 is 0 Å². The van der Waals surface area contributed by atoms with E-state index in [-0.39, 0.29) is 18.0 Å². The van der Waals surface area contributed by atoms with Crippen LogP contribution in [0, 0.1) is 0 Å². The molecule has 6 heteroatoms. The van der Waals surface area contributed by atoms with Crippen molar-refractivity contribution in [2.45, 2.75) is 13.5 Å². The number of imide groups is 1. The Labute approximate surface area is 103 Å². The fourth-order valence-corrected chi connectivity index (χ4v) is 1.65. The highest BCUT2D eigenvalue weighted by Crippen LogP contribution is 2.15. The second-order valence-corrected chi connectivity index (χ2v) is 3.90. The van der Waals surface area contributed by atoms with Gasteiger partial charge in [-0.3, -0.25) is 19.5 Å². The Bertz CT molecular complexity index is 577. The molecule has 1 aliphatic rings. The molecule has 1 aliphatic heterocycles. The molecular formula is C12H10N2O4. The van der Waals surface area contributed by atoms with Crippen LogP contribution in [0.4, 0.5) is 0 Å². The fourth-order valence-electron chi connectivity index (χ4n) is 1.65. The maximum atomic E-state index is 11.6. The molecule has 92 valence electrons. The van der Waals surface area contributed by atoms with Gasteiger partial charge in [0, 0.05) is 17.8 Å². The van der Waals surface area contributed by atoms with Gasteiger partial charge < -0.3 is 5.11 Å². The van der Waals surface area contributed by atoms with Gasteiger partial charge in [-0.2, -0.15) is 0 Å². The first-order chi connectivity index (χ1) is 8.49. The zero-order chi connectivity index (χ0) is 13.3. The zero-order valence-electron chi connectivity index (χ0n) is 9.58. The van der Waals surface area contributed by atoms with Crippen molar-refractivity contribution in [2.24, 2.45) is 0 Å². The van der Waals surface area contributed by atoms with E-state index in [1.165, 1.54) is 24.4 Å². The third kappa shape index (κ3) is 2.13. The van der Waals surface area contributed by atoms with Crippen molar-refractivity contribution in [1.29, 1.82) is 0 Å². The molecule has 0 unspecified atom stereocenters. The number of hydrogen-bond acceptors (Lipinski definition) is 4. The molecule has 18 heavy (non-hydrogen) atoms. The van der Waals surface area contributed by atoms with Crippen LogP contribution < -0.4 is 0 Å². The van der Waals surface area contributed by atoms with Crippen LogP contribution in [0.15, 0.2) is 30.0 Å². The molecule has 1 N–H and O–H groups in total. The van der Waals surface area contributed by atoms with Crippen LogP contribution in [-0.2, 0) is 16.1 Å². The summed E-state index contributed by atoms with van der Waals surface area (Å²) in [6.07, 6.45) is 2.59. The molecule has 6 nitrogen and oxygen atoms in total. The monoisotopic (exact) mass is 246 g/mol. The normalized spacial score (nSPS) is 14.9. The van der Waals surface area contributed by atoms with Crippen LogP contribution in [-0.4, -0.2) is 32.8 Å². The van der Waals surface area contributed by atoms with Crippen molar-refractivity contribution in [3.63, 3.8) is 0 Å². The molecule has 0 atom stereocenters. The highest BCUT2D eigenvalue weighted by atomic mass is 16.4. The minimum absolute atomic E-state index is 0.0212. The molecule has 0 bridgehead atoms. The van der Waals surface area contributed by atoms with Gasteiger partial charge in [-0.25, -0.2) is 4.79 Å². The predicted molar refractivity (Wildman–Crippen MR) is 60.5 cm³/mol. The van der Waals surface area contributed by atoms with Gasteiger partial charge in [0.1, 0.15) is 0 Å². The largest absolute Gasteiger partial charge is 0.478 e. The maximum absolute atomic E-state index is 11.6. The molecular weight excluding hydrogens is 236 g/mol. The highest BCUT2D eigenvalue weighted by Gasteiger charge is 2.28. The standard InChI is InChI=1S/C12H10N2O4/c1-7-4-10(15)14(11(7)16)6-9-5-8(12(17)18)2-3-13-9/h2-5H,6H2,1H3,(H,17,18). The van der Waals surface area contributed by atoms with Crippen molar-refractivity contribution in [3.8, 4) is 0 Å². The lowest BCUT2D eigenvalue weighted by Crippen LogP contribution is -2.30. The summed E-state index contributed by atoms with van der Waals surface area (Å²) in [5.74, 6) is -1.85. The molecule has 0 saturated heterocycles. The lowest BCUT2D eigenvalue weighted by Gasteiger charge is -2.13. The maximum Gasteiger partial charge on any atom is 0.335 e. The molecule has 1 aromatic rings. The number of pyridine rings is 1. The van der Waals surface area contributed by atoms with Gasteiger partial charge in [-0.05, 0) is 19.1 Å². The Balaban J connectivity index is 2.21. The van der Waals surface area contributed by atoms with Gasteiger partial charge >= 0.3 is 5.97 Å². The summed E-state index contributed by atoms with van der Waals surface area (Å²) in [4.78, 5) is 38.9. The number of nitrogens with zero attached hydrogens (tertiary/aromatic N) is 2. The topological polar surface area (TPSA) is 87.6 Å². The van der Waals surface area contributed by atoms with Crippen molar-refractivity contribution >= 4 is 17.8 Å². The number of aromatic nitrogens is 1. The van der Waals surface area contributed by atoms with E-state index < -0.39 is 11.9 Å². The molecule has 0 spiro atoms. The Hall–Kier alpha value is -2.50. The van der Waals surface area contributed by atoms with Crippen molar-refractivity contribution in [2.75, 3.05) is 0 Å². The van der Waals surface area contributed by atoms with Crippen LogP contribution >= 0.6 is 0 Å². The van der Waals surface area contributed by atoms with Gasteiger partial charge in [0.15, 0.2) is 0 Å². The number of rotatable bonds is 3. The van der Waals surface area contributed by atoms with Gasteiger partial charge in [0.05, 0.1) is 17.8 Å². The van der Waals surface area contributed by atoms with Crippen molar-refractivity contribution < 1.29 is 19.5 Å². The first-order valence-electron chi connectivity index (χ1n) is 5.21. The van der Waals surface area contributed by atoms with E-state index in [0.717, 1.165) is 4.90 Å².